The Balaban J connectivity index is 1.77. The summed E-state index contributed by atoms with van der Waals surface area (Å²) in [6.45, 7) is 3.92. The number of fused-ring (bicyclic) bond motifs is 1. The molecule has 1 aromatic heterocycles. The number of benzene rings is 3. The van der Waals surface area contributed by atoms with Crippen molar-refractivity contribution < 1.29 is 14.7 Å². The van der Waals surface area contributed by atoms with Crippen molar-refractivity contribution in [1.29, 1.82) is 0 Å². The molecule has 1 saturated heterocycles. The smallest absolute Gasteiger partial charge is 0.300 e. The van der Waals surface area contributed by atoms with Crippen LogP contribution in [-0.2, 0) is 9.59 Å². The number of carbonyl (C=O) groups excluding carboxylic acids is 2. The van der Waals surface area contributed by atoms with Gasteiger partial charge in [-0.1, -0.05) is 66.2 Å². The lowest BCUT2D eigenvalue weighted by Crippen LogP contribution is -2.29. The van der Waals surface area contributed by atoms with Crippen molar-refractivity contribution in [2.24, 2.45) is 0 Å². The summed E-state index contributed by atoms with van der Waals surface area (Å²) in [5.41, 5.74) is 3.31. The number of carbonyl (C=O) groups is 2. The summed E-state index contributed by atoms with van der Waals surface area (Å²) >= 11 is 1.46. The maximum absolute atomic E-state index is 13.3. The third kappa shape index (κ3) is 3.13. The fourth-order valence-electron chi connectivity index (χ4n) is 4.45. The van der Waals surface area contributed by atoms with Crippen LogP contribution in [0.5, 0.6) is 0 Å². The molecular weight excluding hydrogens is 418 g/mol. The van der Waals surface area contributed by atoms with E-state index >= 15 is 0 Å². The van der Waals surface area contributed by atoms with Crippen LogP contribution in [0.1, 0.15) is 27.6 Å². The summed E-state index contributed by atoms with van der Waals surface area (Å²) in [6.07, 6.45) is 0. The second-order valence-electron chi connectivity index (χ2n) is 8.00. The summed E-state index contributed by atoms with van der Waals surface area (Å²) in [6, 6.07) is 22.2. The molecule has 2 heterocycles. The van der Waals surface area contributed by atoms with Crippen molar-refractivity contribution in [2.45, 2.75) is 19.9 Å². The minimum Gasteiger partial charge on any atom is -0.507 e. The van der Waals surface area contributed by atoms with Gasteiger partial charge in [0.25, 0.3) is 11.7 Å². The third-order valence-corrected chi connectivity index (χ3v) is 6.84. The normalized spacial score (nSPS) is 17.9. The zero-order chi connectivity index (χ0) is 22.4. The molecule has 0 spiro atoms. The number of Topliss-reactive ketones (excluding diaryl/α,β-unsaturated/α-hetero) is 1. The molecule has 0 saturated carbocycles. The van der Waals surface area contributed by atoms with Gasteiger partial charge in [0.05, 0.1) is 5.57 Å². The average Bonchev–Trinajstić information content (AvgIpc) is 3.40. The summed E-state index contributed by atoms with van der Waals surface area (Å²) < 4.78 is 0. The number of aryl methyl sites for hydroxylation is 2. The largest absolute Gasteiger partial charge is 0.507 e. The van der Waals surface area contributed by atoms with E-state index in [1.807, 2.05) is 86.0 Å². The van der Waals surface area contributed by atoms with E-state index in [9.17, 15) is 14.7 Å². The van der Waals surface area contributed by atoms with E-state index in [-0.39, 0.29) is 11.3 Å². The van der Waals surface area contributed by atoms with Crippen molar-refractivity contribution in [3.8, 4) is 0 Å². The number of aliphatic hydroxyl groups excluding tert-OH is 1. The number of amides is 1. The van der Waals surface area contributed by atoms with Gasteiger partial charge in [-0.2, -0.15) is 0 Å². The molecule has 0 radical (unpaired) electrons. The lowest BCUT2D eigenvalue weighted by atomic mass is 9.96. The highest BCUT2D eigenvalue weighted by atomic mass is 32.1. The fourth-order valence-corrected chi connectivity index (χ4v) is 5.27. The first-order valence-corrected chi connectivity index (χ1v) is 11.2. The van der Waals surface area contributed by atoms with E-state index in [1.54, 1.807) is 6.07 Å². The van der Waals surface area contributed by atoms with Gasteiger partial charge < -0.3 is 5.11 Å². The van der Waals surface area contributed by atoms with E-state index in [0.717, 1.165) is 26.8 Å². The Hall–Kier alpha value is -3.70. The highest BCUT2D eigenvalue weighted by molar-refractivity contribution is 7.10. The molecule has 1 aliphatic rings. The topological polar surface area (TPSA) is 57.6 Å². The fraction of sp³-hybridized carbons (Fsp3) is 0.111. The van der Waals surface area contributed by atoms with Gasteiger partial charge >= 0.3 is 0 Å². The van der Waals surface area contributed by atoms with E-state index < -0.39 is 17.7 Å². The second-order valence-corrected chi connectivity index (χ2v) is 8.98. The molecule has 0 bridgehead atoms. The van der Waals surface area contributed by atoms with Crippen LogP contribution < -0.4 is 4.90 Å². The monoisotopic (exact) mass is 439 g/mol. The van der Waals surface area contributed by atoms with E-state index in [4.69, 9.17) is 0 Å². The van der Waals surface area contributed by atoms with Crippen molar-refractivity contribution in [3.63, 3.8) is 0 Å². The summed E-state index contributed by atoms with van der Waals surface area (Å²) in [4.78, 5) is 29.0. The molecule has 1 aliphatic heterocycles. The Kier molecular flexibility index (Phi) is 4.91. The lowest BCUT2D eigenvalue weighted by Gasteiger charge is -2.26. The number of rotatable bonds is 3. The zero-order valence-electron chi connectivity index (χ0n) is 17.7. The Bertz CT molecular complexity index is 1400. The van der Waals surface area contributed by atoms with Crippen molar-refractivity contribution in [3.05, 3.63) is 105 Å². The Labute approximate surface area is 190 Å². The summed E-state index contributed by atoms with van der Waals surface area (Å²) in [5.74, 6) is -1.45. The minimum absolute atomic E-state index is 0.119. The van der Waals surface area contributed by atoms with Gasteiger partial charge in [-0.25, -0.2) is 0 Å². The maximum atomic E-state index is 13.3. The number of hydrogen-bond donors (Lipinski definition) is 1. The quantitative estimate of drug-likeness (QED) is 0.237. The molecule has 1 amide bonds. The molecule has 5 rings (SSSR count). The van der Waals surface area contributed by atoms with Crippen molar-refractivity contribution in [1.82, 2.24) is 0 Å². The second kappa shape index (κ2) is 7.77. The molecule has 0 aliphatic carbocycles. The molecule has 1 N–H and O–H groups in total. The van der Waals surface area contributed by atoms with Gasteiger partial charge in [-0.3, -0.25) is 14.5 Å². The number of anilines is 1. The predicted octanol–water partition coefficient (Wildman–Crippen LogP) is 6.14. The van der Waals surface area contributed by atoms with Crippen LogP contribution in [0.4, 0.5) is 5.69 Å². The Morgan fingerprint density at radius 2 is 1.72 bits per heavy atom. The van der Waals surface area contributed by atoms with E-state index in [2.05, 4.69) is 0 Å². The minimum atomic E-state index is -0.685. The third-order valence-electron chi connectivity index (χ3n) is 5.91. The van der Waals surface area contributed by atoms with Gasteiger partial charge in [-0.05, 0) is 47.7 Å². The number of aliphatic hydroxyl groups is 1. The Morgan fingerprint density at radius 3 is 2.47 bits per heavy atom. The van der Waals surface area contributed by atoms with Gasteiger partial charge in [-0.15, -0.1) is 11.3 Å². The maximum Gasteiger partial charge on any atom is 0.300 e. The van der Waals surface area contributed by atoms with Crippen LogP contribution >= 0.6 is 11.3 Å². The average molecular weight is 440 g/mol. The van der Waals surface area contributed by atoms with Crippen molar-refractivity contribution in [2.75, 3.05) is 4.90 Å². The van der Waals surface area contributed by atoms with Crippen LogP contribution in [-0.4, -0.2) is 16.8 Å². The number of ketones is 1. The summed E-state index contributed by atoms with van der Waals surface area (Å²) in [5, 5.41) is 15.1. The Morgan fingerprint density at radius 1 is 0.938 bits per heavy atom. The van der Waals surface area contributed by atoms with E-state index in [0.29, 0.717) is 11.3 Å². The highest BCUT2D eigenvalue weighted by Crippen LogP contribution is 2.45. The number of hydrogen-bond acceptors (Lipinski definition) is 4. The lowest BCUT2D eigenvalue weighted by molar-refractivity contribution is -0.132. The molecule has 158 valence electrons. The molecule has 32 heavy (non-hydrogen) atoms. The molecule has 5 heteroatoms. The highest BCUT2D eigenvalue weighted by Gasteiger charge is 2.47. The van der Waals surface area contributed by atoms with Gasteiger partial charge in [0, 0.05) is 16.1 Å². The van der Waals surface area contributed by atoms with Crippen LogP contribution in [0.2, 0.25) is 0 Å². The molecule has 1 unspecified atom stereocenters. The van der Waals surface area contributed by atoms with Gasteiger partial charge in [0.2, 0.25) is 0 Å². The van der Waals surface area contributed by atoms with Crippen LogP contribution in [0.15, 0.2) is 83.7 Å². The van der Waals surface area contributed by atoms with Gasteiger partial charge in [0.1, 0.15) is 11.8 Å². The molecule has 1 atom stereocenters. The molecule has 4 nitrogen and oxygen atoms in total. The zero-order valence-corrected chi connectivity index (χ0v) is 18.5. The molecule has 4 aromatic rings. The first-order valence-electron chi connectivity index (χ1n) is 10.4. The number of nitrogens with zero attached hydrogens (tertiary/aromatic N) is 1. The van der Waals surface area contributed by atoms with Crippen LogP contribution in [0.25, 0.3) is 16.5 Å². The molecular formula is C27H21NO3S. The molecule has 3 aromatic carbocycles. The standard InChI is InChI=1S/C27H21NO3S/c1-16-12-13-21(17(2)15-16)28-24(22-11-6-14-32-22)23(26(30)27(28)31)25(29)20-10-5-8-18-7-3-4-9-19(18)20/h3-15,24,29H,1-2H3/b25-23-. The summed E-state index contributed by atoms with van der Waals surface area (Å²) in [7, 11) is 0. The van der Waals surface area contributed by atoms with E-state index in [1.165, 1.54) is 16.2 Å². The molecule has 1 fully saturated rings. The first-order chi connectivity index (χ1) is 15.5. The SMILES string of the molecule is Cc1ccc(N2C(=O)C(=O)/C(=C(\O)c3cccc4ccccc34)C2c2cccs2)c(C)c1. The first kappa shape index (κ1) is 20.2. The predicted molar refractivity (Wildman–Crippen MR) is 129 cm³/mol. The van der Waals surface area contributed by atoms with Crippen LogP contribution in [0, 0.1) is 13.8 Å². The van der Waals surface area contributed by atoms with Gasteiger partial charge in [0.15, 0.2) is 0 Å². The van der Waals surface area contributed by atoms with Crippen molar-refractivity contribution >= 4 is 45.2 Å². The number of thiophene rings is 1. The van der Waals surface area contributed by atoms with Crippen LogP contribution in [0.3, 0.4) is 0 Å².